The molecule has 69 heavy (non-hydrogen) atoms. The van der Waals surface area contributed by atoms with E-state index < -0.39 is 47.4 Å². The van der Waals surface area contributed by atoms with E-state index in [1.165, 1.54) is 6.07 Å². The summed E-state index contributed by atoms with van der Waals surface area (Å²) >= 11 is 1.12. The number of carboxylic acids is 1. The summed E-state index contributed by atoms with van der Waals surface area (Å²) in [5, 5.41) is 18.8. The van der Waals surface area contributed by atoms with Gasteiger partial charge in [0.15, 0.2) is 5.78 Å². The van der Waals surface area contributed by atoms with Gasteiger partial charge in [0.1, 0.15) is 17.7 Å². The minimum Gasteiger partial charge on any atom is -0.480 e. The van der Waals surface area contributed by atoms with Crippen LogP contribution in [0.4, 0.5) is 8.78 Å². The highest BCUT2D eigenvalue weighted by molar-refractivity contribution is 8.00. The molecule has 3 atom stereocenters. The molecular formula is C49H64F2N6O11S. The minimum absolute atomic E-state index is 0.00414. The zero-order chi connectivity index (χ0) is 49.5. The van der Waals surface area contributed by atoms with E-state index in [9.17, 15) is 38.3 Å². The number of hydrogen-bond donors (Lipinski definition) is 4. The summed E-state index contributed by atoms with van der Waals surface area (Å²) in [7, 11) is 0. The van der Waals surface area contributed by atoms with Gasteiger partial charge in [-0.2, -0.15) is 0 Å². The Hall–Kier alpha value is -5.35. The van der Waals surface area contributed by atoms with E-state index in [-0.39, 0.29) is 79.9 Å². The number of thioether (sulfide) groups is 1. The number of carbonyl (C=O) groups is 6. The molecule has 0 aliphatic carbocycles. The van der Waals surface area contributed by atoms with Gasteiger partial charge in [0.2, 0.25) is 11.8 Å². The van der Waals surface area contributed by atoms with Crippen LogP contribution < -0.4 is 16.0 Å². The molecular weight excluding hydrogens is 919 g/mol. The number of imide groups is 1. The molecule has 376 valence electrons. The number of carbonyl (C=O) groups excluding carboxylic acids is 5. The maximum absolute atomic E-state index is 15.2. The summed E-state index contributed by atoms with van der Waals surface area (Å²) in [6.45, 7) is 8.70. The number of nitrogens with one attached hydrogen (secondary N) is 3. The van der Waals surface area contributed by atoms with Gasteiger partial charge in [0.05, 0.1) is 77.7 Å². The summed E-state index contributed by atoms with van der Waals surface area (Å²) in [6, 6.07) is 13.2. The van der Waals surface area contributed by atoms with Crippen LogP contribution in [0.25, 0.3) is 11.1 Å². The first-order chi connectivity index (χ1) is 33.3. The fourth-order valence-electron chi connectivity index (χ4n) is 7.85. The fourth-order valence-corrected chi connectivity index (χ4v) is 8.77. The van der Waals surface area contributed by atoms with Crippen molar-refractivity contribution in [2.45, 2.75) is 45.3 Å². The van der Waals surface area contributed by atoms with Crippen LogP contribution >= 0.6 is 11.8 Å². The molecule has 0 bridgehead atoms. The van der Waals surface area contributed by atoms with Crippen molar-refractivity contribution >= 4 is 47.1 Å². The molecule has 3 aromatic rings. The number of carboxylic acid groups (broad SMARTS) is 1. The molecule has 4 N–H and O–H groups in total. The molecule has 1 saturated heterocycles. The van der Waals surface area contributed by atoms with Crippen molar-refractivity contribution in [3.63, 3.8) is 0 Å². The molecule has 2 aliphatic heterocycles. The molecule has 1 fully saturated rings. The Kier molecular flexibility index (Phi) is 22.9. The number of nitrogens with zero attached hydrogens (tertiary/aromatic N) is 3. The van der Waals surface area contributed by atoms with E-state index in [0.29, 0.717) is 58.2 Å². The Morgan fingerprint density at radius 1 is 0.899 bits per heavy atom. The van der Waals surface area contributed by atoms with Gasteiger partial charge >= 0.3 is 5.97 Å². The van der Waals surface area contributed by atoms with Gasteiger partial charge in [-0.3, -0.25) is 28.9 Å². The number of hydrogen-bond acceptors (Lipinski definition) is 13. The summed E-state index contributed by atoms with van der Waals surface area (Å²) in [6.07, 6.45) is 4.85. The van der Waals surface area contributed by atoms with Crippen molar-refractivity contribution in [1.82, 2.24) is 30.3 Å². The zero-order valence-corrected chi connectivity index (χ0v) is 40.0. The van der Waals surface area contributed by atoms with Crippen molar-refractivity contribution in [2.24, 2.45) is 11.8 Å². The lowest BCUT2D eigenvalue weighted by atomic mass is 9.95. The predicted molar refractivity (Wildman–Crippen MR) is 254 cm³/mol. The number of ether oxygens (including phenoxy) is 4. The van der Waals surface area contributed by atoms with Crippen molar-refractivity contribution in [1.29, 1.82) is 0 Å². The van der Waals surface area contributed by atoms with Crippen LogP contribution in [0.15, 0.2) is 72.9 Å². The highest BCUT2D eigenvalue weighted by Crippen LogP contribution is 2.36. The number of rotatable bonds is 33. The smallest absolute Gasteiger partial charge is 0.327 e. The number of ketones is 1. The maximum Gasteiger partial charge on any atom is 0.327 e. The van der Waals surface area contributed by atoms with Gasteiger partial charge in [-0.25, -0.2) is 13.6 Å². The van der Waals surface area contributed by atoms with E-state index in [1.807, 2.05) is 59.7 Å². The second-order valence-corrected chi connectivity index (χ2v) is 18.0. The van der Waals surface area contributed by atoms with Crippen LogP contribution in [0.2, 0.25) is 0 Å². The van der Waals surface area contributed by atoms with E-state index in [2.05, 4.69) is 16.0 Å². The minimum atomic E-state index is -1.25. The fraction of sp³-hybridized carbons (Fsp3) is 0.510. The van der Waals surface area contributed by atoms with Crippen molar-refractivity contribution in [2.75, 3.05) is 104 Å². The third kappa shape index (κ3) is 18.2. The summed E-state index contributed by atoms with van der Waals surface area (Å²) in [4.78, 5) is 77.1. The first kappa shape index (κ1) is 54.6. The number of benzene rings is 2. The quantitative estimate of drug-likeness (QED) is 0.0510. The molecule has 5 rings (SSSR count). The lowest BCUT2D eigenvalue weighted by molar-refractivity contribution is -0.141. The lowest BCUT2D eigenvalue weighted by Crippen LogP contribution is -2.44. The molecule has 17 nitrogen and oxygen atoms in total. The van der Waals surface area contributed by atoms with Gasteiger partial charge in [-0.05, 0) is 61.2 Å². The predicted octanol–water partition coefficient (Wildman–Crippen LogP) is 3.46. The van der Waals surface area contributed by atoms with E-state index in [0.717, 1.165) is 71.7 Å². The Morgan fingerprint density at radius 2 is 1.57 bits per heavy atom. The van der Waals surface area contributed by atoms with Gasteiger partial charge < -0.3 is 49.5 Å². The van der Waals surface area contributed by atoms with Crippen LogP contribution in [0.5, 0.6) is 0 Å². The van der Waals surface area contributed by atoms with Crippen molar-refractivity contribution < 1.29 is 61.6 Å². The Morgan fingerprint density at radius 3 is 2.20 bits per heavy atom. The largest absolute Gasteiger partial charge is 0.480 e. The van der Waals surface area contributed by atoms with Crippen LogP contribution in [0.1, 0.15) is 44.0 Å². The highest BCUT2D eigenvalue weighted by Gasteiger charge is 2.34. The Labute approximate surface area is 405 Å². The van der Waals surface area contributed by atoms with Gasteiger partial charge in [0, 0.05) is 67.0 Å². The average Bonchev–Trinajstić information content (AvgIpc) is 4.07. The van der Waals surface area contributed by atoms with Crippen molar-refractivity contribution in [3.05, 3.63) is 95.8 Å². The molecule has 20 heteroatoms. The van der Waals surface area contributed by atoms with Crippen LogP contribution in [-0.2, 0) is 54.3 Å². The van der Waals surface area contributed by atoms with Crippen LogP contribution in [-0.4, -0.2) is 165 Å². The SMILES string of the molecule is CC(C)[C@H](c1cc(-c2cc(F)ccc2F)cn1Cc1ccccc1)N(CC1CCNC1)C(=O)CSC[C@H](NC(=O)CCOCCOCCOCCOCCNCC(=O)CN1C(=O)C=CC1=O)C(=O)O. The van der Waals surface area contributed by atoms with Gasteiger partial charge in [0.25, 0.3) is 11.8 Å². The molecule has 1 unspecified atom stereocenters. The summed E-state index contributed by atoms with van der Waals surface area (Å²) < 4.78 is 53.5. The van der Waals surface area contributed by atoms with E-state index in [4.69, 9.17) is 18.9 Å². The average molecular weight is 983 g/mol. The molecule has 2 aromatic carbocycles. The number of aromatic nitrogens is 1. The first-order valence-electron chi connectivity index (χ1n) is 23.2. The lowest BCUT2D eigenvalue weighted by Gasteiger charge is -2.37. The van der Waals surface area contributed by atoms with E-state index >= 15 is 4.39 Å². The standard InChI is InChI=1S/C49H64F2N6O11S/c1-34(2)48(43-24-37(40-25-38(50)8-9-41(40)51)30-55(43)28-35-6-4-3-5-7-35)57(29-36-12-14-52-26-36)47(62)33-69-32-42(49(63)64)54-44(59)13-16-65-18-20-67-22-23-68-21-19-66-17-15-53-27-39(58)31-56-45(60)10-11-46(56)61/h3-11,24-25,30,34,36,42,48,52-53H,12-23,26-29,31-33H2,1-2H3,(H,54,59)(H,63,64)/t36?,42-,48+/m0/s1. The number of halogens is 2. The molecule has 3 heterocycles. The molecule has 0 spiro atoms. The van der Waals surface area contributed by atoms with Gasteiger partial charge in [-0.1, -0.05) is 44.2 Å². The normalized spacial score (nSPS) is 15.6. The maximum atomic E-state index is 15.2. The monoisotopic (exact) mass is 982 g/mol. The van der Waals surface area contributed by atoms with Crippen LogP contribution in [0, 0.1) is 23.5 Å². The number of amides is 4. The topological polar surface area (TPSA) is 207 Å². The molecule has 2 aliphatic rings. The Bertz CT molecular complexity index is 2170. The Balaban J connectivity index is 1.01. The van der Waals surface area contributed by atoms with Crippen molar-refractivity contribution in [3.8, 4) is 11.1 Å². The third-order valence-corrected chi connectivity index (χ3v) is 12.3. The molecule has 0 saturated carbocycles. The number of aliphatic carboxylic acids is 1. The molecule has 1 aromatic heterocycles. The van der Waals surface area contributed by atoms with E-state index in [1.54, 1.807) is 6.20 Å². The summed E-state index contributed by atoms with van der Waals surface area (Å²) in [5.74, 6) is -4.40. The second-order valence-electron chi connectivity index (χ2n) is 17.0. The third-order valence-electron chi connectivity index (χ3n) is 11.3. The van der Waals surface area contributed by atoms with Gasteiger partial charge in [-0.15, -0.1) is 11.8 Å². The number of Topliss-reactive ketones (excluding diaryl/α,β-unsaturated/α-hetero) is 1. The zero-order valence-electron chi connectivity index (χ0n) is 39.2. The highest BCUT2D eigenvalue weighted by atomic mass is 32.2. The summed E-state index contributed by atoms with van der Waals surface area (Å²) in [5.41, 5.74) is 2.35. The molecule has 0 radical (unpaired) electrons. The first-order valence-corrected chi connectivity index (χ1v) is 24.3. The second kappa shape index (κ2) is 29.0. The van der Waals surface area contributed by atoms with Crippen LogP contribution in [0.3, 0.4) is 0 Å². The molecule has 4 amide bonds.